The van der Waals surface area contributed by atoms with Crippen molar-refractivity contribution >= 4 is 0 Å². The highest BCUT2D eigenvalue weighted by molar-refractivity contribution is 5.20. The molecule has 1 aliphatic heterocycles. The first kappa shape index (κ1) is 8.23. The van der Waals surface area contributed by atoms with Gasteiger partial charge in [0.2, 0.25) is 0 Å². The van der Waals surface area contributed by atoms with E-state index in [1.54, 1.807) is 6.08 Å². The maximum Gasteiger partial charge on any atom is 0.0760 e. The molecule has 1 heterocycles. The van der Waals surface area contributed by atoms with Gasteiger partial charge in [0.15, 0.2) is 0 Å². The highest BCUT2D eigenvalue weighted by Crippen LogP contribution is 2.36. The van der Waals surface area contributed by atoms with E-state index < -0.39 is 0 Å². The molecule has 1 fully saturated rings. The van der Waals surface area contributed by atoms with Crippen LogP contribution in [0.25, 0.3) is 0 Å². The Bertz CT molecular complexity index is 200. The highest BCUT2D eigenvalue weighted by atomic mass is 16.5. The smallest absolute Gasteiger partial charge is 0.0760 e. The van der Waals surface area contributed by atoms with Crippen LogP contribution in [0, 0.1) is 11.8 Å². The van der Waals surface area contributed by atoms with Gasteiger partial charge in [0, 0.05) is 12.5 Å². The van der Waals surface area contributed by atoms with E-state index in [-0.39, 0.29) is 18.6 Å². The average Bonchev–Trinajstić information content (AvgIpc) is 2.44. The maximum absolute atomic E-state index is 9.58. The van der Waals surface area contributed by atoms with Gasteiger partial charge in [-0.1, -0.05) is 6.08 Å². The molecular weight excluding hydrogens is 156 g/mol. The van der Waals surface area contributed by atoms with Crippen LogP contribution in [0.1, 0.15) is 6.42 Å². The van der Waals surface area contributed by atoms with Crippen LogP contribution in [-0.2, 0) is 4.74 Å². The Balaban J connectivity index is 2.13. The molecule has 2 aliphatic rings. The van der Waals surface area contributed by atoms with Crippen molar-refractivity contribution in [3.8, 4) is 0 Å². The largest absolute Gasteiger partial charge is 0.392 e. The fourth-order valence-electron chi connectivity index (χ4n) is 2.18. The summed E-state index contributed by atoms with van der Waals surface area (Å²) in [4.78, 5) is 0. The molecule has 0 bridgehead atoms. The van der Waals surface area contributed by atoms with Crippen LogP contribution in [0.2, 0.25) is 0 Å². The average molecular weight is 170 g/mol. The normalized spacial score (nSPS) is 40.8. The molecule has 0 aromatic heterocycles. The van der Waals surface area contributed by atoms with Gasteiger partial charge in [0.25, 0.3) is 0 Å². The summed E-state index contributed by atoms with van der Waals surface area (Å²) in [5.41, 5.74) is 0.951. The minimum atomic E-state index is -0.360. The second-order valence-corrected chi connectivity index (χ2v) is 3.52. The van der Waals surface area contributed by atoms with Gasteiger partial charge in [-0.15, -0.1) is 0 Å². The van der Waals surface area contributed by atoms with Gasteiger partial charge >= 0.3 is 0 Å². The summed E-state index contributed by atoms with van der Waals surface area (Å²) in [5.74, 6) is 0.555. The molecule has 3 atom stereocenters. The second-order valence-electron chi connectivity index (χ2n) is 3.52. The third kappa shape index (κ3) is 1.18. The third-order valence-corrected chi connectivity index (χ3v) is 2.89. The van der Waals surface area contributed by atoms with Crippen molar-refractivity contribution in [2.45, 2.75) is 12.5 Å². The number of rotatable bonds is 1. The topological polar surface area (TPSA) is 49.7 Å². The molecule has 3 nitrogen and oxygen atoms in total. The van der Waals surface area contributed by atoms with E-state index in [0.29, 0.717) is 12.5 Å². The van der Waals surface area contributed by atoms with Crippen molar-refractivity contribution in [2.24, 2.45) is 11.8 Å². The van der Waals surface area contributed by atoms with Crippen molar-refractivity contribution in [3.05, 3.63) is 11.6 Å². The SMILES string of the molecule is OCC1=CC(O)[C@@H]2CCOC[C@H]12. The van der Waals surface area contributed by atoms with E-state index in [0.717, 1.165) is 18.6 Å². The Morgan fingerprint density at radius 2 is 2.42 bits per heavy atom. The summed E-state index contributed by atoms with van der Waals surface area (Å²) in [6.45, 7) is 1.46. The Morgan fingerprint density at radius 3 is 3.17 bits per heavy atom. The van der Waals surface area contributed by atoms with E-state index in [2.05, 4.69) is 0 Å². The van der Waals surface area contributed by atoms with Gasteiger partial charge in [0.1, 0.15) is 0 Å². The Labute approximate surface area is 71.7 Å². The first-order valence-electron chi connectivity index (χ1n) is 4.40. The quantitative estimate of drug-likeness (QED) is 0.542. The lowest BCUT2D eigenvalue weighted by Gasteiger charge is -2.28. The van der Waals surface area contributed by atoms with Gasteiger partial charge in [0.05, 0.1) is 19.3 Å². The molecule has 1 saturated heterocycles. The molecule has 3 heteroatoms. The number of fused-ring (bicyclic) bond motifs is 1. The van der Waals surface area contributed by atoms with Gasteiger partial charge < -0.3 is 14.9 Å². The van der Waals surface area contributed by atoms with Gasteiger partial charge in [-0.2, -0.15) is 0 Å². The molecule has 0 saturated carbocycles. The molecule has 0 aromatic carbocycles. The molecule has 2 N–H and O–H groups in total. The van der Waals surface area contributed by atoms with Crippen LogP contribution in [0.15, 0.2) is 11.6 Å². The highest BCUT2D eigenvalue weighted by Gasteiger charge is 2.37. The minimum Gasteiger partial charge on any atom is -0.392 e. The number of aliphatic hydroxyl groups is 2. The molecule has 12 heavy (non-hydrogen) atoms. The summed E-state index contributed by atoms with van der Waals surface area (Å²) in [7, 11) is 0. The lowest BCUT2D eigenvalue weighted by molar-refractivity contribution is 0.000635. The second kappa shape index (κ2) is 3.17. The van der Waals surface area contributed by atoms with Gasteiger partial charge in [-0.3, -0.25) is 0 Å². The molecule has 68 valence electrons. The van der Waals surface area contributed by atoms with E-state index >= 15 is 0 Å². The van der Waals surface area contributed by atoms with E-state index in [1.807, 2.05) is 0 Å². The Kier molecular flexibility index (Phi) is 2.17. The van der Waals surface area contributed by atoms with Crippen LogP contribution in [0.3, 0.4) is 0 Å². The summed E-state index contributed by atoms with van der Waals surface area (Å²) in [6.07, 6.45) is 2.33. The van der Waals surface area contributed by atoms with Gasteiger partial charge in [-0.05, 0) is 17.9 Å². The molecule has 1 aliphatic carbocycles. The van der Waals surface area contributed by atoms with Crippen LogP contribution in [0.5, 0.6) is 0 Å². The third-order valence-electron chi connectivity index (χ3n) is 2.89. The van der Waals surface area contributed by atoms with Crippen molar-refractivity contribution in [1.29, 1.82) is 0 Å². The van der Waals surface area contributed by atoms with Crippen molar-refractivity contribution in [1.82, 2.24) is 0 Å². The Hall–Kier alpha value is -0.380. The standard InChI is InChI=1S/C9H14O3/c10-4-6-3-9(11)7-1-2-12-5-8(6)7/h3,7-11H,1-2,4-5H2/t7-,8-,9?/m1/s1. The van der Waals surface area contributed by atoms with Crippen molar-refractivity contribution in [3.63, 3.8) is 0 Å². The van der Waals surface area contributed by atoms with E-state index in [4.69, 9.17) is 9.84 Å². The summed E-state index contributed by atoms with van der Waals surface area (Å²) < 4.78 is 5.30. The molecule has 0 radical (unpaired) electrons. The predicted octanol–water partition coefficient (Wildman–Crippen LogP) is -0.0677. The summed E-state index contributed by atoms with van der Waals surface area (Å²) >= 11 is 0. The summed E-state index contributed by atoms with van der Waals surface area (Å²) in [5, 5.41) is 18.6. The lowest BCUT2D eigenvalue weighted by atomic mass is 9.87. The number of hydrogen-bond donors (Lipinski definition) is 2. The number of hydrogen-bond acceptors (Lipinski definition) is 3. The zero-order chi connectivity index (χ0) is 8.55. The van der Waals surface area contributed by atoms with Crippen LogP contribution < -0.4 is 0 Å². The monoisotopic (exact) mass is 170 g/mol. The minimum absolute atomic E-state index is 0.0571. The molecular formula is C9H14O3. The Morgan fingerprint density at radius 1 is 1.58 bits per heavy atom. The van der Waals surface area contributed by atoms with E-state index in [9.17, 15) is 5.11 Å². The molecule has 2 rings (SSSR count). The van der Waals surface area contributed by atoms with Crippen molar-refractivity contribution < 1.29 is 14.9 Å². The number of aliphatic hydroxyl groups excluding tert-OH is 2. The fraction of sp³-hybridized carbons (Fsp3) is 0.778. The lowest BCUT2D eigenvalue weighted by Crippen LogP contribution is -2.31. The molecule has 0 aromatic rings. The predicted molar refractivity (Wildman–Crippen MR) is 43.6 cm³/mol. The van der Waals surface area contributed by atoms with Crippen LogP contribution in [0.4, 0.5) is 0 Å². The van der Waals surface area contributed by atoms with Gasteiger partial charge in [-0.25, -0.2) is 0 Å². The van der Waals surface area contributed by atoms with Crippen LogP contribution >= 0.6 is 0 Å². The molecule has 1 unspecified atom stereocenters. The van der Waals surface area contributed by atoms with E-state index in [1.165, 1.54) is 0 Å². The van der Waals surface area contributed by atoms with Crippen LogP contribution in [-0.4, -0.2) is 36.1 Å². The fourth-order valence-corrected chi connectivity index (χ4v) is 2.18. The van der Waals surface area contributed by atoms with Crippen molar-refractivity contribution in [2.75, 3.05) is 19.8 Å². The number of ether oxygens (including phenoxy) is 1. The zero-order valence-electron chi connectivity index (χ0n) is 6.94. The summed E-state index contributed by atoms with van der Waals surface area (Å²) in [6, 6.07) is 0. The zero-order valence-corrected chi connectivity index (χ0v) is 6.94. The molecule has 0 amide bonds. The molecule has 0 spiro atoms. The first-order valence-corrected chi connectivity index (χ1v) is 4.40. The first-order chi connectivity index (χ1) is 5.83. The maximum atomic E-state index is 9.58.